The van der Waals surface area contributed by atoms with Crippen LogP contribution in [0, 0.1) is 5.41 Å². The first-order valence-electron chi connectivity index (χ1n) is 13.2. The molecule has 0 radical (unpaired) electrons. The average molecular weight is 491 g/mol. The van der Waals surface area contributed by atoms with Crippen LogP contribution in [0.25, 0.3) is 0 Å². The Labute approximate surface area is 206 Å². The van der Waals surface area contributed by atoms with Crippen LogP contribution < -0.4 is 0 Å². The van der Waals surface area contributed by atoms with Gasteiger partial charge in [0.15, 0.2) is 0 Å². The minimum atomic E-state index is -1.19. The normalized spacial score (nSPS) is 15.1. The Balaban J connectivity index is 4.93. The first-order chi connectivity index (χ1) is 16.3. The lowest BCUT2D eigenvalue weighted by Crippen LogP contribution is -2.51. The van der Waals surface area contributed by atoms with Gasteiger partial charge in [-0.05, 0) is 39.5 Å². The maximum absolute atomic E-state index is 12.6. The molecule has 0 saturated carbocycles. The summed E-state index contributed by atoms with van der Waals surface area (Å²) in [6, 6.07) is 0. The fraction of sp³-hybridized carbons (Fsp3) is 0.923. The molecule has 0 heterocycles. The molecule has 0 spiro atoms. The average Bonchev–Trinajstić information content (AvgIpc) is 2.79. The van der Waals surface area contributed by atoms with E-state index in [0.29, 0.717) is 58.9 Å². The van der Waals surface area contributed by atoms with Crippen LogP contribution in [0.5, 0.6) is 0 Å². The van der Waals surface area contributed by atoms with Crippen LogP contribution in [0.3, 0.4) is 0 Å². The Morgan fingerprint density at radius 1 is 0.676 bits per heavy atom. The molecule has 34 heavy (non-hydrogen) atoms. The van der Waals surface area contributed by atoms with Crippen LogP contribution >= 0.6 is 0 Å². The third-order valence-corrected chi connectivity index (χ3v) is 6.31. The minimum absolute atomic E-state index is 0.176. The van der Waals surface area contributed by atoms with Crippen molar-refractivity contribution in [3.05, 3.63) is 0 Å². The highest BCUT2D eigenvalue weighted by Crippen LogP contribution is 2.37. The van der Waals surface area contributed by atoms with Crippen molar-refractivity contribution in [2.24, 2.45) is 5.41 Å². The van der Waals surface area contributed by atoms with E-state index in [1.165, 1.54) is 0 Å². The zero-order chi connectivity index (χ0) is 25.7. The lowest BCUT2D eigenvalue weighted by Gasteiger charge is -2.40. The smallest absolute Gasteiger partial charge is 0.314 e. The van der Waals surface area contributed by atoms with Crippen molar-refractivity contribution >= 4 is 11.9 Å². The number of hydrogen-bond donors (Lipinski definition) is 2. The minimum Gasteiger partial charge on any atom is -0.481 e. The molecule has 0 aliphatic carbocycles. The summed E-state index contributed by atoms with van der Waals surface area (Å²) in [5, 5.41) is 19.1. The van der Waals surface area contributed by atoms with E-state index in [9.17, 15) is 14.7 Å². The second-order valence-corrected chi connectivity index (χ2v) is 8.96. The summed E-state index contributed by atoms with van der Waals surface area (Å²) in [5.74, 6) is -1.70. The second-order valence-electron chi connectivity index (χ2n) is 8.96. The zero-order valence-electron chi connectivity index (χ0n) is 22.0. The van der Waals surface area contributed by atoms with Gasteiger partial charge >= 0.3 is 11.9 Å². The van der Waals surface area contributed by atoms with Gasteiger partial charge in [-0.25, -0.2) is 0 Å². The number of carbonyl (C=O) groups is 2. The van der Waals surface area contributed by atoms with Gasteiger partial charge in [0.1, 0.15) is 5.41 Å². The molecule has 0 amide bonds. The molecule has 0 aromatic rings. The standard InChI is InChI=1S/C26H50O8/c1-5-7-16-31-18-20-33-22(3)26(25(29)30,15-13-11-9-10-12-14-24(27)28)23(4)34-21-19-32-17-8-6-2/h22-23H,5-21H2,1-4H3,(H,27,28)(H,29,30). The van der Waals surface area contributed by atoms with Crippen LogP contribution in [0.4, 0.5) is 0 Å². The van der Waals surface area contributed by atoms with E-state index in [0.717, 1.165) is 44.9 Å². The van der Waals surface area contributed by atoms with Crippen molar-refractivity contribution in [1.29, 1.82) is 0 Å². The fourth-order valence-electron chi connectivity index (χ4n) is 3.98. The first-order valence-corrected chi connectivity index (χ1v) is 13.2. The maximum Gasteiger partial charge on any atom is 0.314 e. The fourth-order valence-corrected chi connectivity index (χ4v) is 3.98. The van der Waals surface area contributed by atoms with Gasteiger partial charge in [-0.2, -0.15) is 0 Å². The van der Waals surface area contributed by atoms with Crippen LogP contribution in [-0.4, -0.2) is 74.0 Å². The molecule has 2 N–H and O–H groups in total. The molecule has 0 aromatic heterocycles. The van der Waals surface area contributed by atoms with E-state index < -0.39 is 29.6 Å². The molecule has 0 aliphatic heterocycles. The number of aliphatic carboxylic acids is 2. The number of rotatable bonds is 25. The Morgan fingerprint density at radius 3 is 1.59 bits per heavy atom. The largest absolute Gasteiger partial charge is 0.481 e. The Bertz CT molecular complexity index is 489. The Hall–Kier alpha value is -1.22. The van der Waals surface area contributed by atoms with Crippen LogP contribution in [0.2, 0.25) is 0 Å². The number of carboxylic acid groups (broad SMARTS) is 2. The maximum atomic E-state index is 12.6. The zero-order valence-corrected chi connectivity index (χ0v) is 22.0. The second kappa shape index (κ2) is 21.1. The van der Waals surface area contributed by atoms with Crippen molar-refractivity contribution < 1.29 is 38.7 Å². The van der Waals surface area contributed by atoms with Crippen molar-refractivity contribution in [1.82, 2.24) is 0 Å². The molecule has 0 aromatic carbocycles. The van der Waals surface area contributed by atoms with Crippen molar-refractivity contribution in [2.75, 3.05) is 39.6 Å². The van der Waals surface area contributed by atoms with Crippen LogP contribution in [0.15, 0.2) is 0 Å². The van der Waals surface area contributed by atoms with E-state index >= 15 is 0 Å². The first kappa shape index (κ1) is 32.8. The molecule has 8 heteroatoms. The highest BCUT2D eigenvalue weighted by molar-refractivity contribution is 5.76. The highest BCUT2D eigenvalue weighted by atomic mass is 16.5. The molecule has 0 rings (SSSR count). The molecule has 0 saturated heterocycles. The lowest BCUT2D eigenvalue weighted by molar-refractivity contribution is -0.180. The van der Waals surface area contributed by atoms with Gasteiger partial charge in [0, 0.05) is 19.6 Å². The molecule has 0 fully saturated rings. The summed E-state index contributed by atoms with van der Waals surface area (Å²) in [5.41, 5.74) is -1.19. The molecule has 2 atom stereocenters. The van der Waals surface area contributed by atoms with Crippen molar-refractivity contribution in [2.45, 2.75) is 111 Å². The third-order valence-electron chi connectivity index (χ3n) is 6.31. The predicted octanol–water partition coefficient (Wildman–Crippen LogP) is 5.32. The number of unbranched alkanes of at least 4 members (excludes halogenated alkanes) is 6. The van der Waals surface area contributed by atoms with Gasteiger partial charge in [0.25, 0.3) is 0 Å². The van der Waals surface area contributed by atoms with Crippen LogP contribution in [-0.2, 0) is 28.5 Å². The monoisotopic (exact) mass is 490 g/mol. The highest BCUT2D eigenvalue weighted by Gasteiger charge is 2.49. The van der Waals surface area contributed by atoms with E-state index in [-0.39, 0.29) is 6.42 Å². The van der Waals surface area contributed by atoms with E-state index in [4.69, 9.17) is 24.1 Å². The molecule has 8 nitrogen and oxygen atoms in total. The summed E-state index contributed by atoms with van der Waals surface area (Å²) in [7, 11) is 0. The lowest BCUT2D eigenvalue weighted by atomic mass is 9.73. The van der Waals surface area contributed by atoms with Gasteiger partial charge < -0.3 is 29.2 Å². The van der Waals surface area contributed by atoms with Crippen molar-refractivity contribution in [3.63, 3.8) is 0 Å². The quantitative estimate of drug-likeness (QED) is 0.165. The van der Waals surface area contributed by atoms with Gasteiger partial charge in [0.2, 0.25) is 0 Å². The summed E-state index contributed by atoms with van der Waals surface area (Å²) in [6.07, 6.45) is 7.51. The Morgan fingerprint density at radius 2 is 1.15 bits per heavy atom. The predicted molar refractivity (Wildman–Crippen MR) is 132 cm³/mol. The van der Waals surface area contributed by atoms with Gasteiger partial charge in [-0.3, -0.25) is 9.59 Å². The van der Waals surface area contributed by atoms with Gasteiger partial charge in [-0.1, -0.05) is 52.4 Å². The summed E-state index contributed by atoms with van der Waals surface area (Å²) >= 11 is 0. The summed E-state index contributed by atoms with van der Waals surface area (Å²) < 4.78 is 23.1. The Kier molecular flexibility index (Phi) is 20.3. The summed E-state index contributed by atoms with van der Waals surface area (Å²) in [6.45, 7) is 10.7. The van der Waals surface area contributed by atoms with E-state index in [1.807, 2.05) is 13.8 Å². The molecule has 2 unspecified atom stereocenters. The number of carboxylic acids is 2. The molecule has 0 aliphatic rings. The molecular weight excluding hydrogens is 440 g/mol. The number of ether oxygens (including phenoxy) is 4. The van der Waals surface area contributed by atoms with Crippen LogP contribution in [0.1, 0.15) is 98.3 Å². The third kappa shape index (κ3) is 14.2. The summed E-state index contributed by atoms with van der Waals surface area (Å²) in [4.78, 5) is 23.3. The van der Waals surface area contributed by atoms with E-state index in [1.54, 1.807) is 0 Å². The van der Waals surface area contributed by atoms with Crippen molar-refractivity contribution in [3.8, 4) is 0 Å². The molecule has 0 bridgehead atoms. The SMILES string of the molecule is CCCCOCCOC(C)C(CCCCCCCC(=O)O)(C(=O)O)C(C)OCCOCCCC. The van der Waals surface area contributed by atoms with Gasteiger partial charge in [0.05, 0.1) is 38.6 Å². The van der Waals surface area contributed by atoms with Gasteiger partial charge in [-0.15, -0.1) is 0 Å². The molecule has 202 valence electrons. The topological polar surface area (TPSA) is 112 Å². The number of hydrogen-bond acceptors (Lipinski definition) is 6. The molecular formula is C26H50O8. The van der Waals surface area contributed by atoms with E-state index in [2.05, 4.69) is 13.8 Å².